The molecular formula is C28H39N3O3. The molecule has 0 radical (unpaired) electrons. The predicted molar refractivity (Wildman–Crippen MR) is 137 cm³/mol. The average molecular weight is 466 g/mol. The molecule has 1 heterocycles. The lowest BCUT2D eigenvalue weighted by atomic mass is 10.1. The van der Waals surface area contributed by atoms with Gasteiger partial charge in [-0.05, 0) is 46.2 Å². The Bertz CT molecular complexity index is 1010. The Morgan fingerprint density at radius 1 is 1.03 bits per heavy atom. The van der Waals surface area contributed by atoms with Crippen molar-refractivity contribution >= 4 is 0 Å². The zero-order valence-corrected chi connectivity index (χ0v) is 21.4. The summed E-state index contributed by atoms with van der Waals surface area (Å²) >= 11 is 0. The lowest BCUT2D eigenvalue weighted by molar-refractivity contribution is -0.0593. The van der Waals surface area contributed by atoms with Gasteiger partial charge in [-0.3, -0.25) is 4.90 Å². The molecule has 1 N–H and O–H groups in total. The van der Waals surface area contributed by atoms with Crippen LogP contribution in [0.25, 0.3) is 11.3 Å². The van der Waals surface area contributed by atoms with Crippen molar-refractivity contribution in [2.24, 2.45) is 7.05 Å². The van der Waals surface area contributed by atoms with E-state index in [1.165, 1.54) is 0 Å². The molecule has 0 saturated heterocycles. The van der Waals surface area contributed by atoms with E-state index in [-0.39, 0.29) is 11.6 Å². The Morgan fingerprint density at radius 3 is 2.24 bits per heavy atom. The number of benzene rings is 2. The van der Waals surface area contributed by atoms with Crippen LogP contribution in [0.5, 0.6) is 11.6 Å². The molecule has 3 rings (SSSR count). The van der Waals surface area contributed by atoms with E-state index >= 15 is 0 Å². The van der Waals surface area contributed by atoms with Gasteiger partial charge in [-0.15, -0.1) is 0 Å². The van der Waals surface area contributed by atoms with E-state index in [1.807, 2.05) is 76.3 Å². The summed E-state index contributed by atoms with van der Waals surface area (Å²) < 4.78 is 14.0. The third kappa shape index (κ3) is 7.16. The van der Waals surface area contributed by atoms with Crippen molar-refractivity contribution in [3.8, 4) is 22.9 Å². The Morgan fingerprint density at radius 2 is 1.65 bits per heavy atom. The van der Waals surface area contributed by atoms with Gasteiger partial charge in [0.15, 0.2) is 0 Å². The van der Waals surface area contributed by atoms with Gasteiger partial charge in [-0.1, -0.05) is 55.5 Å². The Kier molecular flexibility index (Phi) is 8.89. The predicted octanol–water partition coefficient (Wildman–Crippen LogP) is 5.66. The van der Waals surface area contributed by atoms with Crippen molar-refractivity contribution in [1.82, 2.24) is 14.7 Å². The first kappa shape index (κ1) is 25.9. The average Bonchev–Trinajstić information content (AvgIpc) is 3.12. The summed E-state index contributed by atoms with van der Waals surface area (Å²) in [5.74, 6) is 1.47. The zero-order chi connectivity index (χ0) is 24.7. The fourth-order valence-corrected chi connectivity index (χ4v) is 3.78. The second-order valence-corrected chi connectivity index (χ2v) is 9.80. The van der Waals surface area contributed by atoms with Crippen LogP contribution in [0.4, 0.5) is 0 Å². The molecule has 0 amide bonds. The maximum absolute atomic E-state index is 10.8. The Balaban J connectivity index is 1.95. The molecule has 0 aliphatic rings. The van der Waals surface area contributed by atoms with Crippen LogP contribution in [0.3, 0.4) is 0 Å². The van der Waals surface area contributed by atoms with Crippen molar-refractivity contribution in [2.45, 2.75) is 65.3 Å². The van der Waals surface area contributed by atoms with Gasteiger partial charge in [-0.2, -0.15) is 5.10 Å². The van der Waals surface area contributed by atoms with Gasteiger partial charge in [0.2, 0.25) is 5.88 Å². The number of hydrogen-bond donors (Lipinski definition) is 1. The number of hydrogen-bond acceptors (Lipinski definition) is 5. The summed E-state index contributed by atoms with van der Waals surface area (Å²) in [6, 6.07) is 20.2. The van der Waals surface area contributed by atoms with E-state index in [2.05, 4.69) is 30.9 Å². The minimum atomic E-state index is -0.594. The van der Waals surface area contributed by atoms with Gasteiger partial charge in [0.1, 0.15) is 11.4 Å². The number of aryl methyl sites for hydroxylation is 1. The fourth-order valence-electron chi connectivity index (χ4n) is 3.78. The highest BCUT2D eigenvalue weighted by Gasteiger charge is 2.26. The van der Waals surface area contributed by atoms with E-state index < -0.39 is 6.10 Å². The van der Waals surface area contributed by atoms with Crippen LogP contribution in [0.15, 0.2) is 60.7 Å². The van der Waals surface area contributed by atoms with Crippen molar-refractivity contribution in [3.05, 3.63) is 66.2 Å². The van der Waals surface area contributed by atoms with Crippen LogP contribution >= 0.6 is 0 Å². The van der Waals surface area contributed by atoms with Crippen molar-refractivity contribution in [2.75, 3.05) is 13.2 Å². The monoisotopic (exact) mass is 465 g/mol. The van der Waals surface area contributed by atoms with Crippen LogP contribution in [-0.2, 0) is 18.3 Å². The van der Waals surface area contributed by atoms with E-state index in [1.54, 1.807) is 4.68 Å². The minimum absolute atomic E-state index is 0.262. The van der Waals surface area contributed by atoms with Gasteiger partial charge in [0.25, 0.3) is 0 Å². The minimum Gasteiger partial charge on any atom is -0.439 e. The lowest BCUT2D eigenvalue weighted by Crippen LogP contribution is -2.41. The number of para-hydroxylation sites is 1. The maximum Gasteiger partial charge on any atom is 0.222 e. The Hall–Kier alpha value is -2.67. The summed E-state index contributed by atoms with van der Waals surface area (Å²) in [7, 11) is 1.91. The van der Waals surface area contributed by atoms with Crippen LogP contribution in [0.2, 0.25) is 0 Å². The number of aliphatic hydroxyl groups excluding tert-OH is 1. The third-order valence-corrected chi connectivity index (χ3v) is 5.82. The van der Waals surface area contributed by atoms with Crippen molar-refractivity contribution < 1.29 is 14.6 Å². The second kappa shape index (κ2) is 11.6. The topological polar surface area (TPSA) is 59.8 Å². The SMILES string of the molecule is CCC(C)N(Cc1c(-c2ccccc2)nn(C)c1Oc1ccccc1)CC(O)COC(C)(C)C. The summed E-state index contributed by atoms with van der Waals surface area (Å²) in [6.45, 7) is 11.7. The number of rotatable bonds is 11. The van der Waals surface area contributed by atoms with Gasteiger partial charge in [0, 0.05) is 31.7 Å². The molecule has 0 fully saturated rings. The van der Waals surface area contributed by atoms with Crippen molar-refractivity contribution in [1.29, 1.82) is 0 Å². The van der Waals surface area contributed by atoms with Crippen LogP contribution in [0, 0.1) is 0 Å². The molecule has 0 saturated carbocycles. The third-order valence-electron chi connectivity index (χ3n) is 5.82. The molecule has 6 heteroatoms. The van der Waals surface area contributed by atoms with Crippen LogP contribution < -0.4 is 4.74 Å². The molecule has 2 unspecified atom stereocenters. The molecule has 0 bridgehead atoms. The van der Waals surface area contributed by atoms with Gasteiger partial charge in [0.05, 0.1) is 23.9 Å². The van der Waals surface area contributed by atoms with Crippen LogP contribution in [0.1, 0.15) is 46.6 Å². The van der Waals surface area contributed by atoms with E-state index in [4.69, 9.17) is 14.6 Å². The maximum atomic E-state index is 10.8. The summed E-state index contributed by atoms with van der Waals surface area (Å²) in [6.07, 6.45) is 0.367. The molecule has 3 aromatic rings. The molecule has 184 valence electrons. The van der Waals surface area contributed by atoms with E-state index in [0.717, 1.165) is 29.0 Å². The number of aliphatic hydroxyl groups is 1. The molecule has 2 atom stereocenters. The summed E-state index contributed by atoms with van der Waals surface area (Å²) in [5.41, 5.74) is 2.64. The normalized spacial score (nSPS) is 13.8. The molecule has 34 heavy (non-hydrogen) atoms. The molecular weight excluding hydrogens is 426 g/mol. The largest absolute Gasteiger partial charge is 0.439 e. The zero-order valence-electron chi connectivity index (χ0n) is 21.4. The fraction of sp³-hybridized carbons (Fsp3) is 0.464. The smallest absolute Gasteiger partial charge is 0.222 e. The first-order valence-corrected chi connectivity index (χ1v) is 12.1. The van der Waals surface area contributed by atoms with Gasteiger partial charge < -0.3 is 14.6 Å². The second-order valence-electron chi connectivity index (χ2n) is 9.80. The summed E-state index contributed by atoms with van der Waals surface area (Å²) in [5, 5.41) is 15.6. The molecule has 2 aromatic carbocycles. The summed E-state index contributed by atoms with van der Waals surface area (Å²) in [4.78, 5) is 2.29. The molecule has 0 aliphatic heterocycles. The lowest BCUT2D eigenvalue weighted by Gasteiger charge is -2.31. The quantitative estimate of drug-likeness (QED) is 0.396. The van der Waals surface area contributed by atoms with Gasteiger partial charge in [-0.25, -0.2) is 4.68 Å². The first-order chi connectivity index (χ1) is 16.2. The number of aromatic nitrogens is 2. The highest BCUT2D eigenvalue weighted by atomic mass is 16.5. The highest BCUT2D eigenvalue weighted by Crippen LogP contribution is 2.34. The molecule has 0 spiro atoms. The van der Waals surface area contributed by atoms with Crippen molar-refractivity contribution in [3.63, 3.8) is 0 Å². The standard InChI is InChI=1S/C28H39N3O3/c1-7-21(2)31(18-23(32)20-33-28(3,4)5)19-25-26(22-14-10-8-11-15-22)29-30(6)27(25)34-24-16-12-9-13-17-24/h8-17,21,23,32H,7,18-20H2,1-6H3. The molecule has 6 nitrogen and oxygen atoms in total. The number of ether oxygens (including phenoxy) is 2. The Labute approximate surface area is 204 Å². The highest BCUT2D eigenvalue weighted by molar-refractivity contribution is 5.65. The van der Waals surface area contributed by atoms with Crippen LogP contribution in [-0.4, -0.2) is 50.7 Å². The van der Waals surface area contributed by atoms with E-state index in [9.17, 15) is 5.11 Å². The molecule has 0 aliphatic carbocycles. The first-order valence-electron chi connectivity index (χ1n) is 12.1. The van der Waals surface area contributed by atoms with E-state index in [0.29, 0.717) is 25.6 Å². The number of nitrogens with zero attached hydrogens (tertiary/aromatic N) is 3. The van der Waals surface area contributed by atoms with Gasteiger partial charge >= 0.3 is 0 Å². The molecule has 1 aromatic heterocycles.